The van der Waals surface area contributed by atoms with Gasteiger partial charge in [0, 0.05) is 24.2 Å². The number of ether oxygens (including phenoxy) is 1. The number of hydrogen-bond donors (Lipinski definition) is 1. The number of nitrogens with one attached hydrogen (secondary N) is 1. The maximum Gasteiger partial charge on any atom is 0.0897 e. The van der Waals surface area contributed by atoms with Crippen LogP contribution >= 0.6 is 11.3 Å². The molecule has 0 unspecified atom stereocenters. The highest BCUT2D eigenvalue weighted by Crippen LogP contribution is 2.19. The van der Waals surface area contributed by atoms with E-state index in [4.69, 9.17) is 4.74 Å². The molecule has 1 heterocycles. The molecule has 0 radical (unpaired) electrons. The van der Waals surface area contributed by atoms with E-state index in [2.05, 4.69) is 10.3 Å². The molecule has 1 saturated carbocycles. The van der Waals surface area contributed by atoms with Crippen molar-refractivity contribution >= 4 is 11.3 Å². The van der Waals surface area contributed by atoms with Gasteiger partial charge in [-0.3, -0.25) is 0 Å². The van der Waals surface area contributed by atoms with Crippen molar-refractivity contribution in [2.45, 2.75) is 51.7 Å². The van der Waals surface area contributed by atoms with E-state index < -0.39 is 0 Å². The van der Waals surface area contributed by atoms with Gasteiger partial charge in [0.2, 0.25) is 0 Å². The summed E-state index contributed by atoms with van der Waals surface area (Å²) in [5.74, 6) is 0. The number of aromatic nitrogens is 1. The quantitative estimate of drug-likeness (QED) is 0.793. The second-order valence-corrected chi connectivity index (χ2v) is 5.97. The second-order valence-electron chi connectivity index (χ2n) is 4.65. The largest absolute Gasteiger partial charge is 0.377 e. The summed E-state index contributed by atoms with van der Waals surface area (Å²) in [6.45, 7) is 4.73. The maximum atomic E-state index is 5.85. The van der Waals surface area contributed by atoms with Crippen molar-refractivity contribution in [2.75, 3.05) is 13.2 Å². The Morgan fingerprint density at radius 2 is 2.24 bits per heavy atom. The third-order valence-electron chi connectivity index (χ3n) is 3.15. The number of aryl methyl sites for hydroxylation is 1. The molecule has 0 aromatic carbocycles. The van der Waals surface area contributed by atoms with E-state index in [0.717, 1.165) is 24.7 Å². The first-order valence-corrected chi connectivity index (χ1v) is 7.40. The van der Waals surface area contributed by atoms with Gasteiger partial charge in [0.05, 0.1) is 17.7 Å². The lowest BCUT2D eigenvalue weighted by atomic mass is 9.98. The predicted molar refractivity (Wildman–Crippen MR) is 71.4 cm³/mol. The van der Waals surface area contributed by atoms with Crippen molar-refractivity contribution in [1.82, 2.24) is 10.3 Å². The lowest BCUT2D eigenvalue weighted by molar-refractivity contribution is 0.0302. The Balaban J connectivity index is 1.51. The van der Waals surface area contributed by atoms with Crippen LogP contribution in [0.3, 0.4) is 0 Å². The first-order valence-electron chi connectivity index (χ1n) is 6.58. The second kappa shape index (κ2) is 7.09. The van der Waals surface area contributed by atoms with Crippen LogP contribution in [0.5, 0.6) is 0 Å². The van der Waals surface area contributed by atoms with Gasteiger partial charge < -0.3 is 10.1 Å². The third kappa shape index (κ3) is 4.74. The molecule has 1 fully saturated rings. The summed E-state index contributed by atoms with van der Waals surface area (Å²) in [7, 11) is 0. The molecule has 1 aliphatic rings. The summed E-state index contributed by atoms with van der Waals surface area (Å²) in [6.07, 6.45) is 9.08. The Labute approximate surface area is 108 Å². The highest BCUT2D eigenvalue weighted by molar-refractivity contribution is 7.11. The van der Waals surface area contributed by atoms with Crippen LogP contribution in [0.25, 0.3) is 0 Å². The molecule has 96 valence electrons. The van der Waals surface area contributed by atoms with Crippen LogP contribution in [-0.4, -0.2) is 24.2 Å². The van der Waals surface area contributed by atoms with Crippen LogP contribution in [0.15, 0.2) is 6.20 Å². The van der Waals surface area contributed by atoms with Gasteiger partial charge in [0.15, 0.2) is 0 Å². The summed E-state index contributed by atoms with van der Waals surface area (Å²) in [5.41, 5.74) is 0. The molecule has 0 amide bonds. The van der Waals surface area contributed by atoms with Crippen molar-refractivity contribution < 1.29 is 4.74 Å². The zero-order valence-corrected chi connectivity index (χ0v) is 11.4. The molecule has 1 aromatic heterocycles. The highest BCUT2D eigenvalue weighted by atomic mass is 32.1. The number of rotatable bonds is 6. The van der Waals surface area contributed by atoms with E-state index in [1.165, 1.54) is 37.0 Å². The minimum Gasteiger partial charge on any atom is -0.377 e. The van der Waals surface area contributed by atoms with Gasteiger partial charge in [0.1, 0.15) is 0 Å². The zero-order chi connectivity index (χ0) is 11.9. The van der Waals surface area contributed by atoms with Crippen molar-refractivity contribution in [3.05, 3.63) is 16.1 Å². The summed E-state index contributed by atoms with van der Waals surface area (Å²) in [5, 5.41) is 4.54. The molecule has 17 heavy (non-hydrogen) atoms. The third-order valence-corrected chi connectivity index (χ3v) is 4.07. The molecule has 1 aromatic rings. The maximum absolute atomic E-state index is 5.85. The van der Waals surface area contributed by atoms with E-state index in [9.17, 15) is 0 Å². The van der Waals surface area contributed by atoms with E-state index >= 15 is 0 Å². The van der Waals surface area contributed by atoms with Crippen molar-refractivity contribution in [3.63, 3.8) is 0 Å². The lowest BCUT2D eigenvalue weighted by Gasteiger charge is -2.21. The Morgan fingerprint density at radius 1 is 1.41 bits per heavy atom. The minimum absolute atomic E-state index is 0.524. The minimum atomic E-state index is 0.524. The average Bonchev–Trinajstić information content (AvgIpc) is 2.76. The van der Waals surface area contributed by atoms with Crippen LogP contribution < -0.4 is 5.32 Å². The zero-order valence-electron chi connectivity index (χ0n) is 10.6. The van der Waals surface area contributed by atoms with Gasteiger partial charge in [-0.2, -0.15) is 0 Å². The fraction of sp³-hybridized carbons (Fsp3) is 0.769. The molecule has 0 bridgehead atoms. The SMILES string of the molecule is Cc1ncc(CNCCOC2CCCCC2)s1. The lowest BCUT2D eigenvalue weighted by Crippen LogP contribution is -2.24. The molecule has 2 rings (SSSR count). The standard InChI is InChI=1S/C13H22N2OS/c1-11-15-10-13(17-11)9-14-7-8-16-12-5-3-2-4-6-12/h10,12,14H,2-9H2,1H3. The van der Waals surface area contributed by atoms with Crippen LogP contribution in [0.2, 0.25) is 0 Å². The Hall–Kier alpha value is -0.450. The number of hydrogen-bond acceptors (Lipinski definition) is 4. The first kappa shape index (κ1) is 13.0. The summed E-state index contributed by atoms with van der Waals surface area (Å²) >= 11 is 1.76. The van der Waals surface area contributed by atoms with E-state index in [-0.39, 0.29) is 0 Å². The molecule has 0 spiro atoms. The van der Waals surface area contributed by atoms with Crippen LogP contribution in [0, 0.1) is 6.92 Å². The molecular formula is C13H22N2OS. The monoisotopic (exact) mass is 254 g/mol. The average molecular weight is 254 g/mol. The number of nitrogens with zero attached hydrogens (tertiary/aromatic N) is 1. The van der Waals surface area contributed by atoms with Gasteiger partial charge in [-0.25, -0.2) is 4.98 Å². The smallest absolute Gasteiger partial charge is 0.0897 e. The summed E-state index contributed by atoms with van der Waals surface area (Å²) < 4.78 is 5.85. The van der Waals surface area contributed by atoms with Crippen LogP contribution in [0.1, 0.15) is 42.0 Å². The molecule has 1 aliphatic carbocycles. The fourth-order valence-electron chi connectivity index (χ4n) is 2.23. The molecule has 0 saturated heterocycles. The molecule has 0 atom stereocenters. The fourth-order valence-corrected chi connectivity index (χ4v) is 2.99. The van der Waals surface area contributed by atoms with Crippen molar-refractivity contribution in [3.8, 4) is 0 Å². The summed E-state index contributed by atoms with van der Waals surface area (Å²) in [6, 6.07) is 0. The molecular weight excluding hydrogens is 232 g/mol. The number of thiazole rings is 1. The normalized spacial score (nSPS) is 17.5. The first-order chi connectivity index (χ1) is 8.34. The van der Waals surface area contributed by atoms with Crippen molar-refractivity contribution in [2.24, 2.45) is 0 Å². The van der Waals surface area contributed by atoms with Crippen molar-refractivity contribution in [1.29, 1.82) is 0 Å². The van der Waals surface area contributed by atoms with E-state index in [0.29, 0.717) is 6.10 Å². The van der Waals surface area contributed by atoms with Gasteiger partial charge in [-0.1, -0.05) is 19.3 Å². The Morgan fingerprint density at radius 3 is 2.94 bits per heavy atom. The van der Waals surface area contributed by atoms with Gasteiger partial charge in [0.25, 0.3) is 0 Å². The van der Waals surface area contributed by atoms with Crippen LogP contribution in [0.4, 0.5) is 0 Å². The topological polar surface area (TPSA) is 34.2 Å². The van der Waals surface area contributed by atoms with E-state index in [1.807, 2.05) is 13.1 Å². The molecule has 0 aliphatic heterocycles. The van der Waals surface area contributed by atoms with Gasteiger partial charge >= 0.3 is 0 Å². The van der Waals surface area contributed by atoms with Crippen LogP contribution in [-0.2, 0) is 11.3 Å². The Kier molecular flexibility index (Phi) is 5.42. The molecule has 4 heteroatoms. The highest BCUT2D eigenvalue weighted by Gasteiger charge is 2.12. The predicted octanol–water partition coefficient (Wildman–Crippen LogP) is 2.89. The molecule has 1 N–H and O–H groups in total. The van der Waals surface area contributed by atoms with Gasteiger partial charge in [-0.15, -0.1) is 11.3 Å². The molecule has 3 nitrogen and oxygen atoms in total. The van der Waals surface area contributed by atoms with Gasteiger partial charge in [-0.05, 0) is 19.8 Å². The van der Waals surface area contributed by atoms with E-state index in [1.54, 1.807) is 11.3 Å². The Bertz CT molecular complexity index is 321. The summed E-state index contributed by atoms with van der Waals surface area (Å²) in [4.78, 5) is 5.54.